The number of rotatable bonds is 4. The summed E-state index contributed by atoms with van der Waals surface area (Å²) in [6, 6.07) is 2.15. The molecule has 1 aromatic rings. The van der Waals surface area contributed by atoms with Crippen molar-refractivity contribution < 1.29 is 44.0 Å². The topological polar surface area (TPSA) is 147 Å². The number of esters is 1. The number of carboxylic acids is 1. The fourth-order valence-electron chi connectivity index (χ4n) is 3.00. The second-order valence-electron chi connectivity index (χ2n) is 6.74. The summed E-state index contributed by atoms with van der Waals surface area (Å²) < 4.78 is 10.4. The van der Waals surface area contributed by atoms with Crippen molar-refractivity contribution in [2.75, 3.05) is 0 Å². The SMILES string of the molecule is Cc1cc(O)cc(O)c1C(=O)OC1(C)C(=O)C=C2C=C(/C=C\C(=O)O)OC=C2C1=O. The van der Waals surface area contributed by atoms with Crippen molar-refractivity contribution in [3.05, 3.63) is 70.7 Å². The van der Waals surface area contributed by atoms with Crippen LogP contribution < -0.4 is 0 Å². The molecule has 2 aliphatic rings. The van der Waals surface area contributed by atoms with Crippen molar-refractivity contribution in [1.82, 2.24) is 0 Å². The maximum absolute atomic E-state index is 12.9. The van der Waals surface area contributed by atoms with Crippen molar-refractivity contribution >= 4 is 23.5 Å². The number of fused-ring (bicyclic) bond motifs is 1. The lowest BCUT2D eigenvalue weighted by molar-refractivity contribution is -0.145. The Hall–Kier alpha value is -4.14. The molecule has 30 heavy (non-hydrogen) atoms. The summed E-state index contributed by atoms with van der Waals surface area (Å²) in [7, 11) is 0. The highest BCUT2D eigenvalue weighted by atomic mass is 16.6. The molecule has 0 saturated heterocycles. The lowest BCUT2D eigenvalue weighted by Gasteiger charge is -2.31. The molecule has 154 valence electrons. The van der Waals surface area contributed by atoms with E-state index < -0.39 is 34.9 Å². The van der Waals surface area contributed by atoms with Gasteiger partial charge in [-0.2, -0.15) is 0 Å². The molecule has 0 bridgehead atoms. The van der Waals surface area contributed by atoms with Crippen LogP contribution in [0.2, 0.25) is 0 Å². The van der Waals surface area contributed by atoms with Crippen LogP contribution in [-0.4, -0.2) is 44.4 Å². The second-order valence-corrected chi connectivity index (χ2v) is 6.74. The van der Waals surface area contributed by atoms with E-state index in [2.05, 4.69) is 0 Å². The summed E-state index contributed by atoms with van der Waals surface area (Å²) in [5.41, 5.74) is -2.16. The van der Waals surface area contributed by atoms with Gasteiger partial charge < -0.3 is 24.8 Å². The number of carbonyl (C=O) groups excluding carboxylic acids is 3. The Balaban J connectivity index is 1.93. The Bertz CT molecular complexity index is 1090. The molecule has 9 nitrogen and oxygen atoms in total. The normalized spacial score (nSPS) is 20.7. The molecule has 1 aliphatic carbocycles. The summed E-state index contributed by atoms with van der Waals surface area (Å²) in [6.07, 6.45) is 5.41. The lowest BCUT2D eigenvalue weighted by Crippen LogP contribution is -2.50. The van der Waals surface area contributed by atoms with Crippen LogP contribution in [0.4, 0.5) is 0 Å². The number of ether oxygens (including phenoxy) is 2. The second kappa shape index (κ2) is 7.36. The highest BCUT2D eigenvalue weighted by Crippen LogP contribution is 2.35. The van der Waals surface area contributed by atoms with Gasteiger partial charge in [0, 0.05) is 12.1 Å². The summed E-state index contributed by atoms with van der Waals surface area (Å²) in [4.78, 5) is 48.8. The van der Waals surface area contributed by atoms with Gasteiger partial charge in [-0.05, 0) is 49.3 Å². The molecule has 1 heterocycles. The zero-order valence-electron chi connectivity index (χ0n) is 15.8. The molecule has 0 aromatic heterocycles. The van der Waals surface area contributed by atoms with Gasteiger partial charge in [0.15, 0.2) is 0 Å². The monoisotopic (exact) mass is 412 g/mol. The van der Waals surface area contributed by atoms with Crippen LogP contribution in [0.5, 0.6) is 11.5 Å². The van der Waals surface area contributed by atoms with E-state index in [-0.39, 0.29) is 33.8 Å². The van der Waals surface area contributed by atoms with Gasteiger partial charge in [0.2, 0.25) is 17.2 Å². The maximum atomic E-state index is 12.9. The number of Topliss-reactive ketones (excluding diaryl/α,β-unsaturated/α-hetero) is 1. The fourth-order valence-corrected chi connectivity index (χ4v) is 3.00. The summed E-state index contributed by atoms with van der Waals surface area (Å²) in [5.74, 6) is -4.72. The van der Waals surface area contributed by atoms with Gasteiger partial charge in [0.1, 0.15) is 29.1 Å². The van der Waals surface area contributed by atoms with E-state index >= 15 is 0 Å². The van der Waals surface area contributed by atoms with Crippen molar-refractivity contribution in [3.63, 3.8) is 0 Å². The quantitative estimate of drug-likeness (QED) is 0.383. The van der Waals surface area contributed by atoms with Gasteiger partial charge in [0.05, 0.1) is 5.57 Å². The molecule has 1 aromatic carbocycles. The minimum absolute atomic E-state index is 0.0379. The molecule has 0 radical (unpaired) electrons. The molecule has 1 unspecified atom stereocenters. The third kappa shape index (κ3) is 3.60. The predicted octanol–water partition coefficient (Wildman–Crippen LogP) is 1.84. The highest BCUT2D eigenvalue weighted by molar-refractivity contribution is 6.26. The molecule has 0 amide bonds. The number of allylic oxidation sites excluding steroid dienone is 3. The van der Waals surface area contributed by atoms with Crippen molar-refractivity contribution in [2.45, 2.75) is 19.4 Å². The van der Waals surface area contributed by atoms with Crippen molar-refractivity contribution in [3.8, 4) is 11.5 Å². The number of phenols is 2. The van der Waals surface area contributed by atoms with Gasteiger partial charge in [-0.3, -0.25) is 9.59 Å². The average Bonchev–Trinajstić information content (AvgIpc) is 2.64. The average molecular weight is 412 g/mol. The lowest BCUT2D eigenvalue weighted by atomic mass is 9.80. The Morgan fingerprint density at radius 3 is 2.50 bits per heavy atom. The molecule has 0 saturated carbocycles. The Morgan fingerprint density at radius 1 is 1.17 bits per heavy atom. The first-order valence-electron chi connectivity index (χ1n) is 8.59. The number of aromatic hydroxyl groups is 2. The molecular formula is C21H16O9. The number of carbonyl (C=O) groups is 4. The first-order chi connectivity index (χ1) is 14.0. The molecule has 9 heteroatoms. The van der Waals surface area contributed by atoms with E-state index in [0.717, 1.165) is 37.5 Å². The molecule has 0 spiro atoms. The van der Waals surface area contributed by atoms with Gasteiger partial charge >= 0.3 is 11.9 Å². The number of hydrogen-bond donors (Lipinski definition) is 3. The van der Waals surface area contributed by atoms with E-state index in [1.807, 2.05) is 0 Å². The first-order valence-corrected chi connectivity index (χ1v) is 8.59. The van der Waals surface area contributed by atoms with Crippen LogP contribution in [0, 0.1) is 6.92 Å². The molecule has 3 rings (SSSR count). The summed E-state index contributed by atoms with van der Waals surface area (Å²) in [6.45, 7) is 2.56. The zero-order valence-corrected chi connectivity index (χ0v) is 15.8. The van der Waals surface area contributed by atoms with Crippen LogP contribution in [0.3, 0.4) is 0 Å². The van der Waals surface area contributed by atoms with E-state index in [9.17, 15) is 29.4 Å². The maximum Gasteiger partial charge on any atom is 0.343 e. The van der Waals surface area contributed by atoms with Crippen LogP contribution in [-0.2, 0) is 23.9 Å². The van der Waals surface area contributed by atoms with Crippen LogP contribution in [0.1, 0.15) is 22.8 Å². The van der Waals surface area contributed by atoms with Crippen LogP contribution in [0.15, 0.2) is 59.6 Å². The van der Waals surface area contributed by atoms with Gasteiger partial charge in [-0.1, -0.05) is 0 Å². The minimum atomic E-state index is -2.20. The molecule has 0 fully saturated rings. The van der Waals surface area contributed by atoms with Gasteiger partial charge in [-0.25, -0.2) is 9.59 Å². The van der Waals surface area contributed by atoms with E-state index in [1.54, 1.807) is 0 Å². The van der Waals surface area contributed by atoms with Gasteiger partial charge in [0.25, 0.3) is 0 Å². The number of benzene rings is 1. The number of hydrogen-bond acceptors (Lipinski definition) is 8. The number of aliphatic carboxylic acids is 1. The third-order valence-electron chi connectivity index (χ3n) is 4.55. The van der Waals surface area contributed by atoms with Gasteiger partial charge in [-0.15, -0.1) is 0 Å². The number of phenolic OH excluding ortho intramolecular Hbond substituents is 2. The Labute approximate surface area is 169 Å². The smallest absolute Gasteiger partial charge is 0.343 e. The number of ketones is 2. The fraction of sp³-hybridized carbons (Fsp3) is 0.143. The van der Waals surface area contributed by atoms with Crippen molar-refractivity contribution in [1.29, 1.82) is 0 Å². The first kappa shape index (κ1) is 20.6. The molecule has 1 aliphatic heterocycles. The standard InChI is InChI=1S/C21H16O9/c1-10-5-12(22)8-15(23)18(10)20(28)30-21(2)16(24)7-11-6-13(3-4-17(25)26)29-9-14(11)19(21)27/h3-9,22-23H,1-2H3,(H,25,26)/b4-3-. The molecule has 1 atom stereocenters. The van der Waals surface area contributed by atoms with E-state index in [1.165, 1.54) is 19.1 Å². The number of aryl methyl sites for hydroxylation is 1. The number of carboxylic acid groups (broad SMARTS) is 1. The highest BCUT2D eigenvalue weighted by Gasteiger charge is 2.49. The summed E-state index contributed by atoms with van der Waals surface area (Å²) in [5, 5.41) is 28.1. The van der Waals surface area contributed by atoms with Crippen LogP contribution >= 0.6 is 0 Å². The third-order valence-corrected chi connectivity index (χ3v) is 4.55. The molecule has 3 N–H and O–H groups in total. The summed E-state index contributed by atoms with van der Waals surface area (Å²) >= 11 is 0. The van der Waals surface area contributed by atoms with Crippen molar-refractivity contribution in [2.24, 2.45) is 0 Å². The van der Waals surface area contributed by atoms with E-state index in [0.29, 0.717) is 0 Å². The van der Waals surface area contributed by atoms with E-state index in [4.69, 9.17) is 14.6 Å². The Kier molecular flexibility index (Phi) is 5.05. The largest absolute Gasteiger partial charge is 0.508 e. The van der Waals surface area contributed by atoms with Crippen LogP contribution in [0.25, 0.3) is 0 Å². The molecular weight excluding hydrogens is 396 g/mol. The predicted molar refractivity (Wildman–Crippen MR) is 100 cm³/mol. The zero-order chi connectivity index (χ0) is 22.2. The Morgan fingerprint density at radius 2 is 1.87 bits per heavy atom. The minimum Gasteiger partial charge on any atom is -0.508 e.